The van der Waals surface area contributed by atoms with E-state index in [1.165, 1.54) is 0 Å². The summed E-state index contributed by atoms with van der Waals surface area (Å²) in [5.41, 5.74) is 0. The van der Waals surface area contributed by atoms with Gasteiger partial charge < -0.3 is 4.90 Å². The first-order chi connectivity index (χ1) is 4.61. The van der Waals surface area contributed by atoms with Crippen LogP contribution in [-0.2, 0) is 4.79 Å². The van der Waals surface area contributed by atoms with E-state index in [0.717, 1.165) is 19.0 Å². The van der Waals surface area contributed by atoms with Crippen LogP contribution in [0.1, 0.15) is 20.8 Å². The Bertz CT molecular complexity index is 136. The smallest absolute Gasteiger partial charge is 0.225 e. The molecular formula is C8H15NO. The van der Waals surface area contributed by atoms with Gasteiger partial charge in [0.15, 0.2) is 0 Å². The predicted octanol–water partition coefficient (Wildman–Crippen LogP) is 1.12. The van der Waals surface area contributed by atoms with E-state index in [0.29, 0.717) is 5.91 Å². The average molecular weight is 141 g/mol. The largest absolute Gasteiger partial charge is 0.342 e. The van der Waals surface area contributed by atoms with Gasteiger partial charge in [-0.05, 0) is 5.92 Å². The lowest BCUT2D eigenvalue weighted by Crippen LogP contribution is -2.50. The predicted molar refractivity (Wildman–Crippen MR) is 40.6 cm³/mol. The number of carbonyl (C=O) groups is 1. The zero-order chi connectivity index (χ0) is 7.72. The second-order valence-corrected chi connectivity index (χ2v) is 3.50. The van der Waals surface area contributed by atoms with Crippen LogP contribution in [0.5, 0.6) is 0 Å². The van der Waals surface area contributed by atoms with Crippen molar-refractivity contribution in [1.82, 2.24) is 4.90 Å². The Morgan fingerprint density at radius 2 is 2.00 bits per heavy atom. The third kappa shape index (κ3) is 1.31. The van der Waals surface area contributed by atoms with E-state index in [4.69, 9.17) is 0 Å². The SMILES string of the molecule is CC1CN(C(=O)C(C)C)C1. The van der Waals surface area contributed by atoms with Crippen molar-refractivity contribution in [3.05, 3.63) is 0 Å². The maximum absolute atomic E-state index is 11.2. The van der Waals surface area contributed by atoms with Crippen LogP contribution in [0.4, 0.5) is 0 Å². The molecular weight excluding hydrogens is 126 g/mol. The fraction of sp³-hybridized carbons (Fsp3) is 0.875. The van der Waals surface area contributed by atoms with E-state index in [1.54, 1.807) is 0 Å². The van der Waals surface area contributed by atoms with Gasteiger partial charge in [-0.25, -0.2) is 0 Å². The second kappa shape index (κ2) is 2.60. The van der Waals surface area contributed by atoms with Crippen molar-refractivity contribution in [3.8, 4) is 0 Å². The van der Waals surface area contributed by atoms with E-state index in [9.17, 15) is 4.79 Å². The molecule has 1 fully saturated rings. The van der Waals surface area contributed by atoms with E-state index in [1.807, 2.05) is 18.7 Å². The molecule has 0 unspecified atom stereocenters. The first-order valence-electron chi connectivity index (χ1n) is 3.90. The van der Waals surface area contributed by atoms with Crippen LogP contribution in [0.3, 0.4) is 0 Å². The molecule has 0 spiro atoms. The minimum absolute atomic E-state index is 0.174. The summed E-state index contributed by atoms with van der Waals surface area (Å²) in [5.74, 6) is 1.20. The van der Waals surface area contributed by atoms with Gasteiger partial charge >= 0.3 is 0 Å². The molecule has 1 rings (SSSR count). The van der Waals surface area contributed by atoms with Gasteiger partial charge in [0.2, 0.25) is 5.91 Å². The quantitative estimate of drug-likeness (QED) is 0.536. The molecule has 1 heterocycles. The Labute approximate surface area is 62.2 Å². The summed E-state index contributed by atoms with van der Waals surface area (Å²) in [6.45, 7) is 8.01. The third-order valence-electron chi connectivity index (χ3n) is 1.87. The van der Waals surface area contributed by atoms with Crippen LogP contribution < -0.4 is 0 Å². The molecule has 1 aliphatic heterocycles. The number of amides is 1. The Hall–Kier alpha value is -0.530. The average Bonchev–Trinajstić information content (AvgIpc) is 1.79. The van der Waals surface area contributed by atoms with Crippen molar-refractivity contribution in [2.45, 2.75) is 20.8 Å². The molecule has 10 heavy (non-hydrogen) atoms. The minimum atomic E-state index is 0.174. The zero-order valence-corrected chi connectivity index (χ0v) is 6.92. The number of likely N-dealkylation sites (tertiary alicyclic amines) is 1. The molecule has 0 N–H and O–H groups in total. The second-order valence-electron chi connectivity index (χ2n) is 3.50. The summed E-state index contributed by atoms with van der Waals surface area (Å²) >= 11 is 0. The van der Waals surface area contributed by atoms with Crippen molar-refractivity contribution < 1.29 is 4.79 Å². The van der Waals surface area contributed by atoms with Crippen molar-refractivity contribution in [2.24, 2.45) is 11.8 Å². The molecule has 0 radical (unpaired) electrons. The molecule has 0 bridgehead atoms. The Balaban J connectivity index is 2.31. The first-order valence-corrected chi connectivity index (χ1v) is 3.90. The zero-order valence-electron chi connectivity index (χ0n) is 6.92. The van der Waals surface area contributed by atoms with Gasteiger partial charge in [0.1, 0.15) is 0 Å². The molecule has 0 saturated carbocycles. The molecule has 0 aromatic heterocycles. The summed E-state index contributed by atoms with van der Waals surface area (Å²) in [7, 11) is 0. The van der Waals surface area contributed by atoms with Crippen LogP contribution in [-0.4, -0.2) is 23.9 Å². The molecule has 0 aromatic rings. The number of carbonyl (C=O) groups excluding carboxylic acids is 1. The van der Waals surface area contributed by atoms with Crippen LogP contribution >= 0.6 is 0 Å². The molecule has 1 aliphatic rings. The van der Waals surface area contributed by atoms with Gasteiger partial charge in [-0.2, -0.15) is 0 Å². The monoisotopic (exact) mass is 141 g/mol. The van der Waals surface area contributed by atoms with Crippen LogP contribution in [0.25, 0.3) is 0 Å². The van der Waals surface area contributed by atoms with Gasteiger partial charge in [0.25, 0.3) is 0 Å². The molecule has 0 atom stereocenters. The van der Waals surface area contributed by atoms with Gasteiger partial charge in [0, 0.05) is 19.0 Å². The molecule has 0 aromatic carbocycles. The standard InChI is InChI=1S/C8H15NO/c1-6(2)8(10)9-4-7(3)5-9/h6-7H,4-5H2,1-3H3. The summed E-state index contributed by atoms with van der Waals surface area (Å²) in [5, 5.41) is 0. The summed E-state index contributed by atoms with van der Waals surface area (Å²) in [4.78, 5) is 13.1. The van der Waals surface area contributed by atoms with E-state index < -0.39 is 0 Å². The highest BCUT2D eigenvalue weighted by Crippen LogP contribution is 2.16. The van der Waals surface area contributed by atoms with Gasteiger partial charge in [-0.15, -0.1) is 0 Å². The van der Waals surface area contributed by atoms with Gasteiger partial charge in [-0.3, -0.25) is 4.79 Å². The van der Waals surface area contributed by atoms with Crippen molar-refractivity contribution >= 4 is 5.91 Å². The Kier molecular flexibility index (Phi) is 1.97. The van der Waals surface area contributed by atoms with E-state index in [2.05, 4.69) is 6.92 Å². The molecule has 2 heteroatoms. The lowest BCUT2D eigenvalue weighted by atomic mass is 10.0. The van der Waals surface area contributed by atoms with Crippen molar-refractivity contribution in [1.29, 1.82) is 0 Å². The fourth-order valence-corrected chi connectivity index (χ4v) is 1.24. The summed E-state index contributed by atoms with van der Waals surface area (Å²) < 4.78 is 0. The number of nitrogens with zero attached hydrogens (tertiary/aromatic N) is 1. The number of hydrogen-bond acceptors (Lipinski definition) is 1. The fourth-order valence-electron chi connectivity index (χ4n) is 1.24. The van der Waals surface area contributed by atoms with Crippen LogP contribution in [0.15, 0.2) is 0 Å². The number of rotatable bonds is 1. The molecule has 58 valence electrons. The minimum Gasteiger partial charge on any atom is -0.342 e. The summed E-state index contributed by atoms with van der Waals surface area (Å²) in [6, 6.07) is 0. The van der Waals surface area contributed by atoms with Crippen LogP contribution in [0, 0.1) is 11.8 Å². The summed E-state index contributed by atoms with van der Waals surface area (Å²) in [6.07, 6.45) is 0. The number of hydrogen-bond donors (Lipinski definition) is 0. The highest BCUT2D eigenvalue weighted by atomic mass is 16.2. The molecule has 2 nitrogen and oxygen atoms in total. The van der Waals surface area contributed by atoms with Gasteiger partial charge in [0.05, 0.1) is 0 Å². The Morgan fingerprint density at radius 3 is 2.30 bits per heavy atom. The highest BCUT2D eigenvalue weighted by Gasteiger charge is 2.27. The topological polar surface area (TPSA) is 20.3 Å². The normalized spacial score (nSPS) is 19.4. The van der Waals surface area contributed by atoms with E-state index in [-0.39, 0.29) is 5.92 Å². The van der Waals surface area contributed by atoms with Crippen LogP contribution in [0.2, 0.25) is 0 Å². The lowest BCUT2D eigenvalue weighted by Gasteiger charge is -2.38. The third-order valence-corrected chi connectivity index (χ3v) is 1.87. The first kappa shape index (κ1) is 7.58. The molecule has 1 amide bonds. The van der Waals surface area contributed by atoms with Crippen molar-refractivity contribution in [2.75, 3.05) is 13.1 Å². The lowest BCUT2D eigenvalue weighted by molar-refractivity contribution is -0.140. The molecule has 1 saturated heterocycles. The van der Waals surface area contributed by atoms with E-state index >= 15 is 0 Å². The maximum Gasteiger partial charge on any atom is 0.225 e. The Morgan fingerprint density at radius 1 is 1.50 bits per heavy atom. The maximum atomic E-state index is 11.2. The van der Waals surface area contributed by atoms with Gasteiger partial charge in [-0.1, -0.05) is 20.8 Å². The highest BCUT2D eigenvalue weighted by molar-refractivity contribution is 5.78. The van der Waals surface area contributed by atoms with Crippen molar-refractivity contribution in [3.63, 3.8) is 0 Å². The molecule has 0 aliphatic carbocycles.